The molecule has 1 aromatic rings. The Kier molecular flexibility index (Phi) is 2.75. The monoisotopic (exact) mass is 233 g/mol. The third kappa shape index (κ3) is 2.08. The summed E-state index contributed by atoms with van der Waals surface area (Å²) in [6, 6.07) is 5.34. The summed E-state index contributed by atoms with van der Waals surface area (Å²) in [5.41, 5.74) is 8.04. The third-order valence-electron chi connectivity index (χ3n) is 2.96. The highest BCUT2D eigenvalue weighted by molar-refractivity contribution is 6.04. The van der Waals surface area contributed by atoms with Gasteiger partial charge in [-0.2, -0.15) is 0 Å². The first kappa shape index (κ1) is 11.4. The number of hydrogen-bond donors (Lipinski definition) is 1. The number of nitrogens with two attached hydrogens (primary N) is 1. The van der Waals surface area contributed by atoms with Crippen molar-refractivity contribution in [1.82, 2.24) is 4.90 Å². The van der Waals surface area contributed by atoms with Gasteiger partial charge in [0.15, 0.2) is 0 Å². The molecule has 5 nitrogen and oxygen atoms in total. The second-order valence-electron chi connectivity index (χ2n) is 4.27. The van der Waals surface area contributed by atoms with Crippen LogP contribution in [0.1, 0.15) is 5.56 Å². The normalized spacial score (nSPS) is 16.6. The first-order valence-corrected chi connectivity index (χ1v) is 5.39. The number of benzene rings is 1. The number of nitrogens with zero attached hydrogens (tertiary/aromatic N) is 2. The fourth-order valence-corrected chi connectivity index (χ4v) is 1.78. The Morgan fingerprint density at radius 3 is 2.53 bits per heavy atom. The predicted octanol–water partition coefficient (Wildman–Crippen LogP) is 0.382. The zero-order valence-electron chi connectivity index (χ0n) is 9.93. The summed E-state index contributed by atoms with van der Waals surface area (Å²) in [6.45, 7) is 2.10. The minimum atomic E-state index is -0.0729. The molecule has 1 heterocycles. The van der Waals surface area contributed by atoms with E-state index in [1.165, 1.54) is 9.80 Å². The van der Waals surface area contributed by atoms with Gasteiger partial charge in [0.25, 0.3) is 0 Å². The number of carbonyl (C=O) groups is 2. The van der Waals surface area contributed by atoms with Crippen molar-refractivity contribution in [1.29, 1.82) is 0 Å². The molecule has 1 saturated heterocycles. The minimum Gasteiger partial charge on any atom is -0.399 e. The molecule has 0 spiro atoms. The molecule has 2 amide bonds. The lowest BCUT2D eigenvalue weighted by Gasteiger charge is -2.31. The van der Waals surface area contributed by atoms with Crippen molar-refractivity contribution in [3.8, 4) is 0 Å². The summed E-state index contributed by atoms with van der Waals surface area (Å²) in [5.74, 6) is -0.129. The Morgan fingerprint density at radius 2 is 1.88 bits per heavy atom. The maximum Gasteiger partial charge on any atom is 0.247 e. The number of carbonyl (C=O) groups excluding carboxylic acids is 2. The highest BCUT2D eigenvalue weighted by atomic mass is 16.2. The molecule has 1 aliphatic heterocycles. The van der Waals surface area contributed by atoms with E-state index in [0.29, 0.717) is 5.69 Å². The van der Waals surface area contributed by atoms with Gasteiger partial charge in [-0.05, 0) is 30.7 Å². The molecule has 2 N–H and O–H groups in total. The van der Waals surface area contributed by atoms with Gasteiger partial charge >= 0.3 is 0 Å². The van der Waals surface area contributed by atoms with E-state index in [-0.39, 0.29) is 24.9 Å². The minimum absolute atomic E-state index is 0.0564. The molecule has 1 aromatic carbocycles. The Labute approximate surface area is 99.8 Å². The van der Waals surface area contributed by atoms with Crippen LogP contribution in [0.3, 0.4) is 0 Å². The largest absolute Gasteiger partial charge is 0.399 e. The summed E-state index contributed by atoms with van der Waals surface area (Å²) in [4.78, 5) is 26.4. The second kappa shape index (κ2) is 4.08. The molecule has 1 fully saturated rings. The molecule has 0 aromatic heterocycles. The van der Waals surface area contributed by atoms with Crippen molar-refractivity contribution in [2.75, 3.05) is 30.8 Å². The number of aryl methyl sites for hydroxylation is 1. The molecule has 0 atom stereocenters. The van der Waals surface area contributed by atoms with Gasteiger partial charge in [-0.25, -0.2) is 0 Å². The van der Waals surface area contributed by atoms with Crippen molar-refractivity contribution in [2.45, 2.75) is 6.92 Å². The molecule has 2 rings (SSSR count). The van der Waals surface area contributed by atoms with Crippen molar-refractivity contribution >= 4 is 23.2 Å². The van der Waals surface area contributed by atoms with E-state index >= 15 is 0 Å². The SMILES string of the molecule is Cc1cc(N2CC(=O)N(C)CC2=O)ccc1N. The first-order chi connectivity index (χ1) is 7.99. The zero-order chi connectivity index (χ0) is 12.6. The molecule has 0 radical (unpaired) electrons. The second-order valence-corrected chi connectivity index (χ2v) is 4.27. The number of rotatable bonds is 1. The number of amides is 2. The number of likely N-dealkylation sites (N-methyl/N-ethyl adjacent to an activating group) is 1. The molecule has 0 saturated carbocycles. The summed E-state index contributed by atoms with van der Waals surface area (Å²) in [7, 11) is 1.63. The Bertz CT molecular complexity index is 485. The molecule has 0 aliphatic carbocycles. The Morgan fingerprint density at radius 1 is 1.18 bits per heavy atom. The van der Waals surface area contributed by atoms with Crippen LogP contribution in [0, 0.1) is 6.92 Å². The zero-order valence-corrected chi connectivity index (χ0v) is 9.93. The van der Waals surface area contributed by atoms with Crippen LogP contribution in [0.5, 0.6) is 0 Å². The lowest BCUT2D eigenvalue weighted by molar-refractivity contribution is -0.136. The van der Waals surface area contributed by atoms with E-state index in [1.807, 2.05) is 13.0 Å². The maximum atomic E-state index is 11.8. The van der Waals surface area contributed by atoms with Gasteiger partial charge < -0.3 is 15.5 Å². The van der Waals surface area contributed by atoms with Gasteiger partial charge in [0.2, 0.25) is 11.8 Å². The number of piperazine rings is 1. The van der Waals surface area contributed by atoms with Crippen LogP contribution < -0.4 is 10.6 Å². The third-order valence-corrected chi connectivity index (χ3v) is 2.96. The summed E-state index contributed by atoms with van der Waals surface area (Å²) >= 11 is 0. The topological polar surface area (TPSA) is 66.6 Å². The van der Waals surface area contributed by atoms with Gasteiger partial charge in [0.05, 0.1) is 6.54 Å². The van der Waals surface area contributed by atoms with E-state index in [0.717, 1.165) is 11.3 Å². The van der Waals surface area contributed by atoms with Crippen molar-refractivity contribution in [3.05, 3.63) is 23.8 Å². The Balaban J connectivity index is 2.30. The van der Waals surface area contributed by atoms with Gasteiger partial charge in [-0.15, -0.1) is 0 Å². The molecule has 90 valence electrons. The molecular weight excluding hydrogens is 218 g/mol. The number of nitrogen functional groups attached to an aromatic ring is 1. The first-order valence-electron chi connectivity index (χ1n) is 5.39. The average molecular weight is 233 g/mol. The van der Waals surface area contributed by atoms with Crippen LogP contribution in [-0.2, 0) is 9.59 Å². The standard InChI is InChI=1S/C12H15N3O2/c1-8-5-9(3-4-10(8)13)15-7-11(16)14(2)6-12(15)17/h3-5H,6-7,13H2,1-2H3. The van der Waals surface area contributed by atoms with Crippen molar-refractivity contribution in [2.24, 2.45) is 0 Å². The fourth-order valence-electron chi connectivity index (χ4n) is 1.78. The molecular formula is C12H15N3O2. The number of hydrogen-bond acceptors (Lipinski definition) is 3. The average Bonchev–Trinajstić information content (AvgIpc) is 2.27. The van der Waals surface area contributed by atoms with Crippen LogP contribution >= 0.6 is 0 Å². The molecule has 0 bridgehead atoms. The van der Waals surface area contributed by atoms with E-state index < -0.39 is 0 Å². The lowest BCUT2D eigenvalue weighted by Crippen LogP contribution is -2.52. The molecule has 0 unspecified atom stereocenters. The molecule has 1 aliphatic rings. The van der Waals surface area contributed by atoms with Gasteiger partial charge in [-0.3, -0.25) is 9.59 Å². The predicted molar refractivity (Wildman–Crippen MR) is 65.6 cm³/mol. The van der Waals surface area contributed by atoms with Crippen LogP contribution in [0.15, 0.2) is 18.2 Å². The van der Waals surface area contributed by atoms with Crippen LogP contribution in [0.2, 0.25) is 0 Å². The maximum absolute atomic E-state index is 11.8. The van der Waals surface area contributed by atoms with Crippen LogP contribution in [0.4, 0.5) is 11.4 Å². The summed E-state index contributed by atoms with van der Waals surface area (Å²) < 4.78 is 0. The van der Waals surface area contributed by atoms with Gasteiger partial charge in [-0.1, -0.05) is 0 Å². The molecule has 5 heteroatoms. The summed E-state index contributed by atoms with van der Waals surface area (Å²) in [6.07, 6.45) is 0. The lowest BCUT2D eigenvalue weighted by atomic mass is 10.1. The van der Waals surface area contributed by atoms with E-state index in [9.17, 15) is 9.59 Å². The summed E-state index contributed by atoms with van der Waals surface area (Å²) in [5, 5.41) is 0. The van der Waals surface area contributed by atoms with E-state index in [4.69, 9.17) is 5.73 Å². The quantitative estimate of drug-likeness (QED) is 0.713. The van der Waals surface area contributed by atoms with Gasteiger partial charge in [0.1, 0.15) is 6.54 Å². The number of anilines is 2. The van der Waals surface area contributed by atoms with Gasteiger partial charge in [0, 0.05) is 18.4 Å². The highest BCUT2D eigenvalue weighted by Gasteiger charge is 2.28. The smallest absolute Gasteiger partial charge is 0.247 e. The van der Waals surface area contributed by atoms with Crippen molar-refractivity contribution < 1.29 is 9.59 Å². The van der Waals surface area contributed by atoms with Crippen LogP contribution in [-0.4, -0.2) is 36.9 Å². The highest BCUT2D eigenvalue weighted by Crippen LogP contribution is 2.22. The Hall–Kier alpha value is -2.04. The molecule has 17 heavy (non-hydrogen) atoms. The van der Waals surface area contributed by atoms with E-state index in [2.05, 4.69) is 0 Å². The van der Waals surface area contributed by atoms with Crippen LogP contribution in [0.25, 0.3) is 0 Å². The fraction of sp³-hybridized carbons (Fsp3) is 0.333. The van der Waals surface area contributed by atoms with Crippen molar-refractivity contribution in [3.63, 3.8) is 0 Å². The van der Waals surface area contributed by atoms with E-state index in [1.54, 1.807) is 19.2 Å².